The van der Waals surface area contributed by atoms with Crippen molar-refractivity contribution in [2.75, 3.05) is 0 Å². The Kier molecular flexibility index (Phi) is 6.90. The van der Waals surface area contributed by atoms with Gasteiger partial charge in [-0.2, -0.15) is 0 Å². The predicted octanol–water partition coefficient (Wildman–Crippen LogP) is 14.0. The van der Waals surface area contributed by atoms with Crippen LogP contribution < -0.4 is 0 Å². The average molecular weight is 687 g/mol. The average Bonchev–Trinajstić information content (AvgIpc) is 3.76. The molecule has 0 saturated carbocycles. The number of fused-ring (bicyclic) bond motifs is 7. The largest absolute Gasteiger partial charge is 0.309 e. The normalized spacial score (nSPS) is 11.7. The molecule has 0 aliphatic rings. The number of para-hydroxylation sites is 3. The lowest BCUT2D eigenvalue weighted by molar-refractivity contribution is 1.18. The van der Waals surface area contributed by atoms with Crippen LogP contribution in [0, 0.1) is 0 Å². The Morgan fingerprint density at radius 1 is 0.259 bits per heavy atom. The van der Waals surface area contributed by atoms with Crippen LogP contribution in [0.2, 0.25) is 0 Å². The maximum atomic E-state index is 2.44. The second-order valence-electron chi connectivity index (χ2n) is 14.2. The fourth-order valence-electron chi connectivity index (χ4n) is 8.54. The maximum absolute atomic E-state index is 2.44. The Morgan fingerprint density at radius 2 is 0.759 bits per heavy atom. The first-order valence-electron chi connectivity index (χ1n) is 18.6. The van der Waals surface area contributed by atoms with Crippen molar-refractivity contribution in [1.29, 1.82) is 0 Å². The highest BCUT2D eigenvalue weighted by molar-refractivity contribution is 6.13. The number of hydrogen-bond acceptors (Lipinski definition) is 0. The van der Waals surface area contributed by atoms with Gasteiger partial charge in [0.2, 0.25) is 0 Å². The van der Waals surface area contributed by atoms with Crippen LogP contribution in [0.5, 0.6) is 0 Å². The standard InChI is InChI=1S/C52H34N2/c1-2-12-35(13-3-1)37-22-24-38(25-23-37)43-16-6-9-19-48(43)54-50-21-11-8-18-45(50)47-34-41(28-31-52(47)54)40-27-30-51-46(33-40)44-17-7-10-20-49(44)53(51)42-29-26-36-14-4-5-15-39(36)32-42/h1-34H. The van der Waals surface area contributed by atoms with Crippen LogP contribution in [-0.4, -0.2) is 9.13 Å². The summed E-state index contributed by atoms with van der Waals surface area (Å²) in [6.07, 6.45) is 0. The maximum Gasteiger partial charge on any atom is 0.0541 e. The van der Waals surface area contributed by atoms with Crippen molar-refractivity contribution in [2.45, 2.75) is 0 Å². The molecule has 2 heteroatoms. The summed E-state index contributed by atoms with van der Waals surface area (Å²) in [6, 6.07) is 75.2. The van der Waals surface area contributed by atoms with E-state index in [9.17, 15) is 0 Å². The van der Waals surface area contributed by atoms with Gasteiger partial charge in [0, 0.05) is 32.8 Å². The van der Waals surface area contributed by atoms with E-state index in [0.717, 1.165) is 0 Å². The van der Waals surface area contributed by atoms with Crippen LogP contribution in [0.3, 0.4) is 0 Å². The Morgan fingerprint density at radius 3 is 1.48 bits per heavy atom. The lowest BCUT2D eigenvalue weighted by Gasteiger charge is -2.14. The molecule has 54 heavy (non-hydrogen) atoms. The quantitative estimate of drug-likeness (QED) is 0.171. The molecule has 0 radical (unpaired) electrons. The highest BCUT2D eigenvalue weighted by Crippen LogP contribution is 2.40. The molecule has 252 valence electrons. The van der Waals surface area contributed by atoms with Gasteiger partial charge < -0.3 is 9.13 Å². The van der Waals surface area contributed by atoms with Crippen molar-refractivity contribution in [1.82, 2.24) is 9.13 Å². The molecule has 0 atom stereocenters. The number of aromatic nitrogens is 2. The number of nitrogens with zero attached hydrogens (tertiary/aromatic N) is 2. The summed E-state index contributed by atoms with van der Waals surface area (Å²) >= 11 is 0. The first kappa shape index (κ1) is 30.5. The van der Waals surface area contributed by atoms with Gasteiger partial charge in [-0.1, -0.05) is 152 Å². The number of hydrogen-bond donors (Lipinski definition) is 0. The van der Waals surface area contributed by atoms with Gasteiger partial charge in [-0.25, -0.2) is 0 Å². The van der Waals surface area contributed by atoms with Gasteiger partial charge in [-0.05, 0) is 93.2 Å². The summed E-state index contributed by atoms with van der Waals surface area (Å²) in [7, 11) is 0. The lowest BCUT2D eigenvalue weighted by Crippen LogP contribution is -1.97. The van der Waals surface area contributed by atoms with Crippen LogP contribution in [-0.2, 0) is 0 Å². The summed E-state index contributed by atoms with van der Waals surface area (Å²) < 4.78 is 4.85. The van der Waals surface area contributed by atoms with E-state index in [4.69, 9.17) is 0 Å². The number of benzene rings is 9. The van der Waals surface area contributed by atoms with E-state index in [1.54, 1.807) is 0 Å². The van der Waals surface area contributed by atoms with Crippen LogP contribution >= 0.6 is 0 Å². The predicted molar refractivity (Wildman–Crippen MR) is 229 cm³/mol. The second kappa shape index (κ2) is 12.2. The minimum absolute atomic E-state index is 1.17. The molecule has 0 spiro atoms. The van der Waals surface area contributed by atoms with E-state index < -0.39 is 0 Å². The van der Waals surface area contributed by atoms with E-state index in [1.807, 2.05) is 0 Å². The molecular weight excluding hydrogens is 653 g/mol. The van der Waals surface area contributed by atoms with Gasteiger partial charge in [0.1, 0.15) is 0 Å². The zero-order chi connectivity index (χ0) is 35.6. The molecule has 9 aromatic carbocycles. The molecule has 2 nitrogen and oxygen atoms in total. The third-order valence-electron chi connectivity index (χ3n) is 11.1. The molecule has 0 saturated heterocycles. The van der Waals surface area contributed by atoms with E-state index in [-0.39, 0.29) is 0 Å². The molecular formula is C52H34N2. The Balaban J connectivity index is 1.05. The van der Waals surface area contributed by atoms with Gasteiger partial charge in [0.15, 0.2) is 0 Å². The Hall–Kier alpha value is -7.16. The fraction of sp³-hybridized carbons (Fsp3) is 0. The zero-order valence-corrected chi connectivity index (χ0v) is 29.5. The number of rotatable bonds is 5. The van der Waals surface area contributed by atoms with Crippen LogP contribution in [0.15, 0.2) is 206 Å². The second-order valence-corrected chi connectivity index (χ2v) is 14.2. The molecule has 0 amide bonds. The fourth-order valence-corrected chi connectivity index (χ4v) is 8.54. The highest BCUT2D eigenvalue weighted by Gasteiger charge is 2.18. The SMILES string of the molecule is c1ccc(-c2ccc(-c3ccccc3-n3c4ccccc4c4cc(-c5ccc6c(c5)c5ccccc5n6-c5ccc6ccccc6c5)ccc43)cc2)cc1. The molecule has 0 aliphatic heterocycles. The third kappa shape index (κ3) is 4.81. The molecule has 0 N–H and O–H groups in total. The summed E-state index contributed by atoms with van der Waals surface area (Å²) in [5.41, 5.74) is 14.4. The first-order chi connectivity index (χ1) is 26.8. The van der Waals surface area contributed by atoms with Gasteiger partial charge in [0.25, 0.3) is 0 Å². The summed E-state index contributed by atoms with van der Waals surface area (Å²) in [4.78, 5) is 0. The van der Waals surface area contributed by atoms with Gasteiger partial charge in [-0.3, -0.25) is 0 Å². The summed E-state index contributed by atoms with van der Waals surface area (Å²) in [5.74, 6) is 0. The molecule has 0 unspecified atom stereocenters. The lowest BCUT2D eigenvalue weighted by atomic mass is 9.99. The summed E-state index contributed by atoms with van der Waals surface area (Å²) in [6.45, 7) is 0. The van der Waals surface area contributed by atoms with Crippen molar-refractivity contribution in [3.63, 3.8) is 0 Å². The molecule has 11 aromatic rings. The van der Waals surface area contributed by atoms with Crippen molar-refractivity contribution < 1.29 is 0 Å². The van der Waals surface area contributed by atoms with E-state index in [1.165, 1.54) is 99.1 Å². The highest BCUT2D eigenvalue weighted by atomic mass is 15.0. The van der Waals surface area contributed by atoms with Crippen molar-refractivity contribution >= 4 is 54.4 Å². The minimum Gasteiger partial charge on any atom is -0.309 e. The van der Waals surface area contributed by atoms with Gasteiger partial charge in [-0.15, -0.1) is 0 Å². The van der Waals surface area contributed by atoms with Crippen molar-refractivity contribution in [3.05, 3.63) is 206 Å². The van der Waals surface area contributed by atoms with E-state index in [0.29, 0.717) is 0 Å². The molecule has 0 bridgehead atoms. The molecule has 0 aliphatic carbocycles. The van der Waals surface area contributed by atoms with Crippen molar-refractivity contribution in [3.8, 4) is 44.8 Å². The molecule has 11 rings (SSSR count). The van der Waals surface area contributed by atoms with Crippen LogP contribution in [0.4, 0.5) is 0 Å². The zero-order valence-electron chi connectivity index (χ0n) is 29.5. The van der Waals surface area contributed by atoms with Crippen LogP contribution in [0.25, 0.3) is 99.1 Å². The molecule has 2 aromatic heterocycles. The smallest absolute Gasteiger partial charge is 0.0541 e. The Bertz CT molecular complexity index is 3200. The molecule has 2 heterocycles. The monoisotopic (exact) mass is 686 g/mol. The van der Waals surface area contributed by atoms with Gasteiger partial charge >= 0.3 is 0 Å². The minimum atomic E-state index is 1.17. The van der Waals surface area contributed by atoms with E-state index >= 15 is 0 Å². The summed E-state index contributed by atoms with van der Waals surface area (Å²) in [5, 5.41) is 7.50. The Labute approximate surface area is 313 Å². The van der Waals surface area contributed by atoms with Crippen LogP contribution in [0.1, 0.15) is 0 Å². The van der Waals surface area contributed by atoms with Gasteiger partial charge in [0.05, 0.1) is 27.8 Å². The topological polar surface area (TPSA) is 9.86 Å². The third-order valence-corrected chi connectivity index (χ3v) is 11.1. The first-order valence-corrected chi connectivity index (χ1v) is 18.6. The van der Waals surface area contributed by atoms with Crippen molar-refractivity contribution in [2.24, 2.45) is 0 Å². The molecule has 0 fully saturated rings. The van der Waals surface area contributed by atoms with E-state index in [2.05, 4.69) is 215 Å².